The number of hydrogen-bond donors (Lipinski definition) is 0. The Morgan fingerprint density at radius 2 is 1.88 bits per heavy atom. The molecule has 0 N–H and O–H groups in total. The normalized spacial score (nSPS) is 19.2. The highest BCUT2D eigenvalue weighted by Crippen LogP contribution is 2.28. The molecule has 0 saturated carbocycles. The number of piperazine rings is 1. The molecule has 2 aliphatic rings. The van der Waals surface area contributed by atoms with E-state index in [0.717, 1.165) is 30.1 Å². The summed E-state index contributed by atoms with van der Waals surface area (Å²) < 4.78 is 5.95. The van der Waals surface area contributed by atoms with E-state index in [1.807, 2.05) is 69.8 Å². The first-order valence-electron chi connectivity index (χ1n) is 11.2. The summed E-state index contributed by atoms with van der Waals surface area (Å²) >= 11 is 1.37. The SMILES string of the molecule is O=C(c1nccs1)N1CCN(C2CC(=O)N(c3cccc(OCc4ccccc4)c3)C2)CC1. The predicted molar refractivity (Wildman–Crippen MR) is 128 cm³/mol. The van der Waals surface area contributed by atoms with Crippen LogP contribution in [0.1, 0.15) is 21.8 Å². The van der Waals surface area contributed by atoms with Crippen molar-refractivity contribution in [1.29, 1.82) is 0 Å². The molecule has 1 atom stereocenters. The maximum Gasteiger partial charge on any atom is 0.282 e. The third kappa shape index (κ3) is 4.91. The van der Waals surface area contributed by atoms with Gasteiger partial charge in [0.15, 0.2) is 5.01 Å². The maximum absolute atomic E-state index is 12.8. The molecular formula is C25H26N4O3S. The molecule has 170 valence electrons. The van der Waals surface area contributed by atoms with Crippen LogP contribution >= 0.6 is 11.3 Å². The summed E-state index contributed by atoms with van der Waals surface area (Å²) in [4.78, 5) is 35.5. The van der Waals surface area contributed by atoms with E-state index in [0.29, 0.717) is 37.7 Å². The van der Waals surface area contributed by atoms with Gasteiger partial charge in [0.1, 0.15) is 12.4 Å². The number of ether oxygens (including phenoxy) is 1. The molecule has 2 amide bonds. The summed E-state index contributed by atoms with van der Waals surface area (Å²) in [6, 6.07) is 17.9. The van der Waals surface area contributed by atoms with Gasteiger partial charge in [0.25, 0.3) is 5.91 Å². The number of hydrogen-bond acceptors (Lipinski definition) is 6. The third-order valence-corrected chi connectivity index (χ3v) is 6.98. The highest BCUT2D eigenvalue weighted by Gasteiger charge is 2.36. The molecule has 0 aliphatic carbocycles. The van der Waals surface area contributed by atoms with E-state index < -0.39 is 0 Å². The van der Waals surface area contributed by atoms with Crippen molar-refractivity contribution in [2.75, 3.05) is 37.6 Å². The van der Waals surface area contributed by atoms with Crippen molar-refractivity contribution >= 4 is 28.8 Å². The zero-order chi connectivity index (χ0) is 22.6. The van der Waals surface area contributed by atoms with Gasteiger partial charge in [-0.05, 0) is 17.7 Å². The highest BCUT2D eigenvalue weighted by molar-refractivity contribution is 7.11. The third-order valence-electron chi connectivity index (χ3n) is 6.22. The van der Waals surface area contributed by atoms with E-state index in [2.05, 4.69) is 9.88 Å². The van der Waals surface area contributed by atoms with E-state index in [4.69, 9.17) is 4.74 Å². The smallest absolute Gasteiger partial charge is 0.282 e. The summed E-state index contributed by atoms with van der Waals surface area (Å²) in [6.07, 6.45) is 2.16. The lowest BCUT2D eigenvalue weighted by molar-refractivity contribution is -0.117. The van der Waals surface area contributed by atoms with Gasteiger partial charge in [-0.1, -0.05) is 36.4 Å². The molecule has 0 spiro atoms. The molecule has 2 aliphatic heterocycles. The molecule has 2 saturated heterocycles. The minimum absolute atomic E-state index is 0.00101. The number of carbonyl (C=O) groups is 2. The second-order valence-corrected chi connectivity index (χ2v) is 9.19. The average Bonchev–Trinajstić information content (AvgIpc) is 3.54. The van der Waals surface area contributed by atoms with Crippen molar-refractivity contribution in [3.8, 4) is 5.75 Å². The summed E-state index contributed by atoms with van der Waals surface area (Å²) in [7, 11) is 0. The summed E-state index contributed by atoms with van der Waals surface area (Å²) in [5.41, 5.74) is 1.97. The molecule has 2 aromatic carbocycles. The van der Waals surface area contributed by atoms with Crippen LogP contribution in [0.25, 0.3) is 0 Å². The zero-order valence-electron chi connectivity index (χ0n) is 18.3. The average molecular weight is 463 g/mol. The van der Waals surface area contributed by atoms with Crippen LogP contribution in [-0.2, 0) is 11.4 Å². The zero-order valence-corrected chi connectivity index (χ0v) is 19.1. The second-order valence-electron chi connectivity index (χ2n) is 8.30. The van der Waals surface area contributed by atoms with Crippen LogP contribution in [0.5, 0.6) is 5.75 Å². The standard InChI is InChI=1S/C25H26N4O3S/c30-23-16-21(27-10-12-28(13-11-27)25(31)24-26-9-14-33-24)17-29(23)20-7-4-8-22(15-20)32-18-19-5-2-1-3-6-19/h1-9,14-15,21H,10-13,16-18H2. The minimum atomic E-state index is 0.00101. The van der Waals surface area contributed by atoms with Gasteiger partial charge in [0.2, 0.25) is 5.91 Å². The molecule has 1 aromatic heterocycles. The molecule has 0 bridgehead atoms. The van der Waals surface area contributed by atoms with Crippen LogP contribution in [0.15, 0.2) is 66.2 Å². The number of amides is 2. The van der Waals surface area contributed by atoms with E-state index in [1.54, 1.807) is 6.20 Å². The Labute approximate surface area is 197 Å². The summed E-state index contributed by atoms with van der Waals surface area (Å²) in [5.74, 6) is 0.879. The van der Waals surface area contributed by atoms with Crippen LogP contribution in [-0.4, -0.2) is 65.4 Å². The first-order chi connectivity index (χ1) is 16.2. The topological polar surface area (TPSA) is 66.0 Å². The molecule has 0 radical (unpaired) electrons. The molecule has 3 aromatic rings. The molecule has 7 nitrogen and oxygen atoms in total. The lowest BCUT2D eigenvalue weighted by atomic mass is 10.2. The van der Waals surface area contributed by atoms with Crippen LogP contribution in [0.4, 0.5) is 5.69 Å². The van der Waals surface area contributed by atoms with Gasteiger partial charge < -0.3 is 14.5 Å². The first kappa shape index (κ1) is 21.6. The lowest BCUT2D eigenvalue weighted by Crippen LogP contribution is -2.52. The van der Waals surface area contributed by atoms with Crippen molar-refractivity contribution in [2.45, 2.75) is 19.1 Å². The number of benzene rings is 2. The van der Waals surface area contributed by atoms with E-state index in [-0.39, 0.29) is 17.9 Å². The molecular weight excluding hydrogens is 436 g/mol. The summed E-state index contributed by atoms with van der Waals surface area (Å²) in [6.45, 7) is 4.00. The van der Waals surface area contributed by atoms with Crippen molar-refractivity contribution in [1.82, 2.24) is 14.8 Å². The van der Waals surface area contributed by atoms with Gasteiger partial charge >= 0.3 is 0 Å². The van der Waals surface area contributed by atoms with Gasteiger partial charge in [-0.25, -0.2) is 4.98 Å². The lowest BCUT2D eigenvalue weighted by Gasteiger charge is -2.37. The fourth-order valence-electron chi connectivity index (χ4n) is 4.42. The van der Waals surface area contributed by atoms with Crippen molar-refractivity contribution in [3.05, 3.63) is 76.7 Å². The molecule has 2 fully saturated rings. The van der Waals surface area contributed by atoms with Crippen molar-refractivity contribution < 1.29 is 14.3 Å². The van der Waals surface area contributed by atoms with Crippen LogP contribution in [0.3, 0.4) is 0 Å². The summed E-state index contributed by atoms with van der Waals surface area (Å²) in [5, 5.41) is 2.37. The Morgan fingerprint density at radius 3 is 2.64 bits per heavy atom. The number of aromatic nitrogens is 1. The Morgan fingerprint density at radius 1 is 1.06 bits per heavy atom. The first-order valence-corrected chi connectivity index (χ1v) is 12.1. The number of nitrogens with zero attached hydrogens (tertiary/aromatic N) is 4. The van der Waals surface area contributed by atoms with E-state index in [9.17, 15) is 9.59 Å². The quantitative estimate of drug-likeness (QED) is 0.563. The van der Waals surface area contributed by atoms with Gasteiger partial charge in [-0.15, -0.1) is 11.3 Å². The molecule has 1 unspecified atom stereocenters. The van der Waals surface area contributed by atoms with Crippen LogP contribution < -0.4 is 9.64 Å². The number of carbonyl (C=O) groups excluding carboxylic acids is 2. The van der Waals surface area contributed by atoms with Gasteiger partial charge in [-0.3, -0.25) is 14.5 Å². The predicted octanol–water partition coefficient (Wildman–Crippen LogP) is 3.29. The fraction of sp³-hybridized carbons (Fsp3) is 0.320. The molecule has 33 heavy (non-hydrogen) atoms. The van der Waals surface area contributed by atoms with E-state index >= 15 is 0 Å². The monoisotopic (exact) mass is 462 g/mol. The Balaban J connectivity index is 1.17. The van der Waals surface area contributed by atoms with Crippen LogP contribution in [0.2, 0.25) is 0 Å². The largest absolute Gasteiger partial charge is 0.489 e. The second kappa shape index (κ2) is 9.72. The molecule has 3 heterocycles. The Bertz CT molecular complexity index is 1100. The van der Waals surface area contributed by atoms with Crippen molar-refractivity contribution in [2.24, 2.45) is 0 Å². The van der Waals surface area contributed by atoms with Crippen molar-refractivity contribution in [3.63, 3.8) is 0 Å². The van der Waals surface area contributed by atoms with Gasteiger partial charge in [0.05, 0.1) is 0 Å². The number of thiazole rings is 1. The Hall–Kier alpha value is -3.23. The van der Waals surface area contributed by atoms with Gasteiger partial charge in [-0.2, -0.15) is 0 Å². The number of anilines is 1. The van der Waals surface area contributed by atoms with Crippen LogP contribution in [0, 0.1) is 0 Å². The minimum Gasteiger partial charge on any atom is -0.489 e. The maximum atomic E-state index is 12.8. The van der Waals surface area contributed by atoms with E-state index in [1.165, 1.54) is 11.3 Å². The number of rotatable bonds is 6. The highest BCUT2D eigenvalue weighted by atomic mass is 32.1. The molecule has 8 heteroatoms. The van der Waals surface area contributed by atoms with Gasteiger partial charge in [0, 0.05) is 68.5 Å². The molecule has 5 rings (SSSR count). The Kier molecular flexibility index (Phi) is 6.37. The fourth-order valence-corrected chi connectivity index (χ4v) is 5.02.